The van der Waals surface area contributed by atoms with Gasteiger partial charge in [0.15, 0.2) is 0 Å². The lowest BCUT2D eigenvalue weighted by molar-refractivity contribution is -0.384. The van der Waals surface area contributed by atoms with Crippen molar-refractivity contribution in [3.05, 3.63) is 62.6 Å². The van der Waals surface area contributed by atoms with Crippen LogP contribution in [-0.2, 0) is 6.54 Å². The normalized spacial score (nSPS) is 10.2. The molecule has 0 atom stereocenters. The first-order chi connectivity index (χ1) is 9.08. The first-order valence-corrected chi connectivity index (χ1v) is 6.38. The molecule has 2 rings (SSSR count). The van der Waals surface area contributed by atoms with E-state index >= 15 is 0 Å². The van der Waals surface area contributed by atoms with Crippen LogP contribution in [0.2, 0.25) is 0 Å². The lowest BCUT2D eigenvalue weighted by Crippen LogP contribution is -2.03. The van der Waals surface area contributed by atoms with Gasteiger partial charge in [-0.05, 0) is 17.7 Å². The van der Waals surface area contributed by atoms with Crippen LogP contribution in [0.4, 0.5) is 17.1 Å². The highest BCUT2D eigenvalue weighted by molar-refractivity contribution is 9.10. The standard InChI is InChI=1S/C13H12BrN3O2/c14-11-4-2-1-3-9(11)8-16-13-6-5-10(17(18)19)7-12(13)15/h1-7,16H,8,15H2. The summed E-state index contributed by atoms with van der Waals surface area (Å²) in [5, 5.41) is 13.8. The van der Waals surface area contributed by atoms with Crippen LogP contribution in [-0.4, -0.2) is 4.92 Å². The number of nitrogens with two attached hydrogens (primary N) is 1. The van der Waals surface area contributed by atoms with Crippen LogP contribution >= 0.6 is 15.9 Å². The summed E-state index contributed by atoms with van der Waals surface area (Å²) in [6.07, 6.45) is 0. The third kappa shape index (κ3) is 3.23. The van der Waals surface area contributed by atoms with Gasteiger partial charge in [-0.15, -0.1) is 0 Å². The SMILES string of the molecule is Nc1cc([N+](=O)[O-])ccc1NCc1ccccc1Br. The molecule has 0 bridgehead atoms. The minimum absolute atomic E-state index is 0.0102. The van der Waals surface area contributed by atoms with Crippen molar-refractivity contribution in [2.75, 3.05) is 11.1 Å². The Hall–Kier alpha value is -2.08. The molecule has 3 N–H and O–H groups in total. The van der Waals surface area contributed by atoms with E-state index in [-0.39, 0.29) is 5.69 Å². The van der Waals surface area contributed by atoms with Gasteiger partial charge in [0.05, 0.1) is 16.3 Å². The van der Waals surface area contributed by atoms with Crippen molar-refractivity contribution in [2.24, 2.45) is 0 Å². The van der Waals surface area contributed by atoms with E-state index in [1.807, 2.05) is 24.3 Å². The number of nitrogens with one attached hydrogen (secondary N) is 1. The van der Waals surface area contributed by atoms with Gasteiger partial charge in [-0.25, -0.2) is 0 Å². The Morgan fingerprint density at radius 1 is 1.26 bits per heavy atom. The third-order valence-corrected chi connectivity index (χ3v) is 3.45. The highest BCUT2D eigenvalue weighted by atomic mass is 79.9. The summed E-state index contributed by atoms with van der Waals surface area (Å²) in [6.45, 7) is 0.587. The van der Waals surface area contributed by atoms with E-state index in [0.717, 1.165) is 10.0 Å². The van der Waals surface area contributed by atoms with Crippen molar-refractivity contribution in [1.29, 1.82) is 0 Å². The molecular weight excluding hydrogens is 310 g/mol. The largest absolute Gasteiger partial charge is 0.397 e. The topological polar surface area (TPSA) is 81.2 Å². The van der Waals surface area contributed by atoms with Gasteiger partial charge in [0.1, 0.15) is 0 Å². The average Bonchev–Trinajstić information content (AvgIpc) is 2.39. The molecular formula is C13H12BrN3O2. The fourth-order valence-corrected chi connectivity index (χ4v) is 2.08. The van der Waals surface area contributed by atoms with Crippen molar-refractivity contribution in [3.63, 3.8) is 0 Å². The summed E-state index contributed by atoms with van der Waals surface area (Å²) in [6, 6.07) is 12.2. The summed E-state index contributed by atoms with van der Waals surface area (Å²) >= 11 is 3.46. The Labute approximate surface area is 118 Å². The summed E-state index contributed by atoms with van der Waals surface area (Å²) < 4.78 is 1.00. The van der Waals surface area contributed by atoms with Crippen molar-refractivity contribution in [3.8, 4) is 0 Å². The second-order valence-corrected chi connectivity index (χ2v) is 4.83. The Bertz CT molecular complexity index is 617. The summed E-state index contributed by atoms with van der Waals surface area (Å²) in [7, 11) is 0. The lowest BCUT2D eigenvalue weighted by Gasteiger charge is -2.10. The van der Waals surface area contributed by atoms with Gasteiger partial charge in [0.2, 0.25) is 0 Å². The number of hydrogen-bond donors (Lipinski definition) is 2. The molecule has 0 saturated carbocycles. The van der Waals surface area contributed by atoms with Crippen LogP contribution in [0.5, 0.6) is 0 Å². The first-order valence-electron chi connectivity index (χ1n) is 5.59. The van der Waals surface area contributed by atoms with E-state index in [2.05, 4.69) is 21.2 Å². The minimum atomic E-state index is -0.464. The van der Waals surface area contributed by atoms with Crippen molar-refractivity contribution in [1.82, 2.24) is 0 Å². The van der Waals surface area contributed by atoms with E-state index in [1.54, 1.807) is 6.07 Å². The molecule has 98 valence electrons. The molecule has 0 saturated heterocycles. The quantitative estimate of drug-likeness (QED) is 0.512. The van der Waals surface area contributed by atoms with Crippen LogP contribution in [0.25, 0.3) is 0 Å². The van der Waals surface area contributed by atoms with Gasteiger partial charge in [-0.1, -0.05) is 34.1 Å². The maximum absolute atomic E-state index is 10.6. The Morgan fingerprint density at radius 2 is 2.00 bits per heavy atom. The van der Waals surface area contributed by atoms with Crippen molar-refractivity contribution in [2.45, 2.75) is 6.54 Å². The number of benzene rings is 2. The van der Waals surface area contributed by atoms with Gasteiger partial charge >= 0.3 is 0 Å². The lowest BCUT2D eigenvalue weighted by atomic mass is 10.2. The molecule has 0 amide bonds. The molecule has 0 aliphatic heterocycles. The minimum Gasteiger partial charge on any atom is -0.397 e. The number of nitro groups is 1. The molecule has 5 nitrogen and oxygen atoms in total. The zero-order chi connectivity index (χ0) is 13.8. The van der Waals surface area contributed by atoms with Gasteiger partial charge in [-0.2, -0.15) is 0 Å². The second-order valence-electron chi connectivity index (χ2n) is 3.97. The highest BCUT2D eigenvalue weighted by Gasteiger charge is 2.08. The van der Waals surface area contributed by atoms with Crippen LogP contribution in [0.1, 0.15) is 5.56 Å². The van der Waals surface area contributed by atoms with Crippen LogP contribution < -0.4 is 11.1 Å². The fourth-order valence-electron chi connectivity index (χ4n) is 1.66. The zero-order valence-corrected chi connectivity index (χ0v) is 11.6. The number of rotatable bonds is 4. The predicted molar refractivity (Wildman–Crippen MR) is 79.0 cm³/mol. The molecule has 2 aromatic carbocycles. The Kier molecular flexibility index (Phi) is 4.01. The van der Waals surface area contributed by atoms with Crippen molar-refractivity contribution < 1.29 is 4.92 Å². The molecule has 0 fully saturated rings. The number of nitrogens with zero attached hydrogens (tertiary/aromatic N) is 1. The number of nitro benzene ring substituents is 1. The molecule has 0 unspecified atom stereocenters. The Balaban J connectivity index is 2.12. The van der Waals surface area contributed by atoms with Crippen molar-refractivity contribution >= 4 is 33.0 Å². The zero-order valence-electron chi connectivity index (χ0n) is 9.97. The molecule has 0 spiro atoms. The number of hydrogen-bond acceptors (Lipinski definition) is 4. The van der Waals surface area contributed by atoms with Crippen LogP contribution in [0.3, 0.4) is 0 Å². The van der Waals surface area contributed by atoms with E-state index in [0.29, 0.717) is 17.9 Å². The molecule has 0 radical (unpaired) electrons. The Morgan fingerprint density at radius 3 is 2.63 bits per heavy atom. The molecule has 0 aliphatic carbocycles. The second kappa shape index (κ2) is 5.71. The number of nitrogen functional groups attached to an aromatic ring is 1. The van der Waals surface area contributed by atoms with E-state index in [9.17, 15) is 10.1 Å². The number of non-ortho nitro benzene ring substituents is 1. The number of anilines is 2. The van der Waals surface area contributed by atoms with Gasteiger partial charge in [0.25, 0.3) is 5.69 Å². The van der Waals surface area contributed by atoms with Gasteiger partial charge < -0.3 is 11.1 Å². The van der Waals surface area contributed by atoms with Gasteiger partial charge in [-0.3, -0.25) is 10.1 Å². The molecule has 0 aliphatic rings. The molecule has 0 aromatic heterocycles. The molecule has 2 aromatic rings. The maximum atomic E-state index is 10.6. The van der Waals surface area contributed by atoms with E-state index < -0.39 is 4.92 Å². The van der Waals surface area contributed by atoms with Crippen LogP contribution in [0.15, 0.2) is 46.9 Å². The molecule has 19 heavy (non-hydrogen) atoms. The maximum Gasteiger partial charge on any atom is 0.271 e. The monoisotopic (exact) mass is 321 g/mol. The summed E-state index contributed by atoms with van der Waals surface area (Å²) in [5.41, 5.74) is 7.90. The molecule has 0 heterocycles. The van der Waals surface area contributed by atoms with E-state index in [4.69, 9.17) is 5.73 Å². The average molecular weight is 322 g/mol. The number of halogens is 1. The smallest absolute Gasteiger partial charge is 0.271 e. The molecule has 6 heteroatoms. The summed E-state index contributed by atoms with van der Waals surface area (Å²) in [4.78, 5) is 10.1. The first kappa shape index (κ1) is 13.4. The third-order valence-electron chi connectivity index (χ3n) is 2.67. The van der Waals surface area contributed by atoms with Gasteiger partial charge in [0, 0.05) is 23.2 Å². The highest BCUT2D eigenvalue weighted by Crippen LogP contribution is 2.25. The summed E-state index contributed by atoms with van der Waals surface area (Å²) in [5.74, 6) is 0. The predicted octanol–water partition coefficient (Wildman–Crippen LogP) is 3.55. The fraction of sp³-hybridized carbons (Fsp3) is 0.0769. The van der Waals surface area contributed by atoms with Crippen LogP contribution in [0, 0.1) is 10.1 Å². The van der Waals surface area contributed by atoms with E-state index in [1.165, 1.54) is 12.1 Å².